The highest BCUT2D eigenvalue weighted by Gasteiger charge is 2.41. The molecule has 1 saturated heterocycles. The Bertz CT molecular complexity index is 1230. The number of nitrogen functional groups attached to an aromatic ring is 1. The smallest absolute Gasteiger partial charge is 0.267 e. The summed E-state index contributed by atoms with van der Waals surface area (Å²) in [5.41, 5.74) is 11.5. The maximum absolute atomic E-state index is 13.5. The minimum absolute atomic E-state index is 0.223. The van der Waals surface area contributed by atoms with Gasteiger partial charge < -0.3 is 5.73 Å². The van der Waals surface area contributed by atoms with Crippen LogP contribution in [0.4, 0.5) is 17.1 Å². The molecule has 4 rings (SSSR count). The van der Waals surface area contributed by atoms with Gasteiger partial charge >= 0.3 is 0 Å². The van der Waals surface area contributed by atoms with Crippen molar-refractivity contribution < 1.29 is 4.79 Å². The number of thioether (sulfide) groups is 1. The fourth-order valence-electron chi connectivity index (χ4n) is 3.12. The maximum Gasteiger partial charge on any atom is 0.267 e. The summed E-state index contributed by atoms with van der Waals surface area (Å²) < 4.78 is 0. The lowest BCUT2D eigenvalue weighted by molar-refractivity contribution is -0.116. The first-order chi connectivity index (χ1) is 15.2. The quantitative estimate of drug-likeness (QED) is 0.362. The lowest BCUT2D eigenvalue weighted by atomic mass is 10.2. The van der Waals surface area contributed by atoms with Gasteiger partial charge in [-0.1, -0.05) is 64.6 Å². The van der Waals surface area contributed by atoms with Crippen LogP contribution in [-0.4, -0.2) is 17.0 Å². The van der Waals surface area contributed by atoms with Gasteiger partial charge in [-0.2, -0.15) is 0 Å². The van der Waals surface area contributed by atoms with Crippen molar-refractivity contribution in [2.45, 2.75) is 17.1 Å². The zero-order valence-electron chi connectivity index (χ0n) is 16.6. The predicted octanol–water partition coefficient (Wildman–Crippen LogP) is 6.93. The van der Waals surface area contributed by atoms with Crippen LogP contribution in [0.15, 0.2) is 64.5 Å². The van der Waals surface area contributed by atoms with E-state index in [0.717, 1.165) is 10.5 Å². The lowest BCUT2D eigenvalue weighted by Crippen LogP contribution is -2.36. The van der Waals surface area contributed by atoms with Gasteiger partial charge in [0.2, 0.25) is 0 Å². The first-order valence-electron chi connectivity index (χ1n) is 9.35. The highest BCUT2D eigenvalue weighted by molar-refractivity contribution is 8.01. The molecule has 1 amide bonds. The van der Waals surface area contributed by atoms with Gasteiger partial charge in [0.05, 0.1) is 20.8 Å². The second kappa shape index (κ2) is 9.41. The van der Waals surface area contributed by atoms with Crippen molar-refractivity contribution in [3.05, 3.63) is 80.3 Å². The summed E-state index contributed by atoms with van der Waals surface area (Å²) in [7, 11) is 0. The Morgan fingerprint density at radius 2 is 1.69 bits per heavy atom. The average Bonchev–Trinajstić information content (AvgIpc) is 3.01. The van der Waals surface area contributed by atoms with E-state index in [4.69, 9.17) is 52.1 Å². The van der Waals surface area contributed by atoms with Gasteiger partial charge in [-0.3, -0.25) is 10.2 Å². The number of aliphatic imine (C=N–C) groups is 1. The number of hydrogen-bond donors (Lipinski definition) is 2. The van der Waals surface area contributed by atoms with E-state index in [1.807, 2.05) is 37.3 Å². The summed E-state index contributed by atoms with van der Waals surface area (Å²) in [5, 5.41) is 1.81. The van der Waals surface area contributed by atoms with E-state index in [-0.39, 0.29) is 21.6 Å². The average molecular weight is 526 g/mol. The summed E-state index contributed by atoms with van der Waals surface area (Å²) in [6.07, 6.45) is 0. The van der Waals surface area contributed by atoms with E-state index < -0.39 is 5.25 Å². The van der Waals surface area contributed by atoms with Gasteiger partial charge in [-0.25, -0.2) is 10.0 Å². The minimum atomic E-state index is -0.737. The van der Waals surface area contributed by atoms with Crippen LogP contribution in [0, 0.1) is 6.92 Å². The molecule has 0 aliphatic carbocycles. The molecule has 3 aromatic carbocycles. The van der Waals surface area contributed by atoms with E-state index in [1.54, 1.807) is 12.1 Å². The van der Waals surface area contributed by atoms with Crippen molar-refractivity contribution in [2.24, 2.45) is 4.99 Å². The van der Waals surface area contributed by atoms with Gasteiger partial charge in [0.15, 0.2) is 0 Å². The van der Waals surface area contributed by atoms with E-state index in [0.29, 0.717) is 27.3 Å². The second-order valence-corrected chi connectivity index (χ2v) is 9.80. The van der Waals surface area contributed by atoms with Crippen LogP contribution in [0.25, 0.3) is 0 Å². The van der Waals surface area contributed by atoms with E-state index in [9.17, 15) is 4.79 Å². The third-order valence-corrected chi connectivity index (χ3v) is 7.03. The van der Waals surface area contributed by atoms with Gasteiger partial charge in [-0.15, -0.1) is 11.8 Å². The van der Waals surface area contributed by atoms with Crippen LogP contribution >= 0.6 is 58.2 Å². The number of anilines is 2. The number of benzene rings is 3. The molecule has 3 N–H and O–H groups in total. The molecule has 10 heteroatoms. The zero-order chi connectivity index (χ0) is 23.0. The number of carbonyl (C=O) groups is 1. The molecule has 32 heavy (non-hydrogen) atoms. The predicted molar refractivity (Wildman–Crippen MR) is 136 cm³/mol. The highest BCUT2D eigenvalue weighted by atomic mass is 35.5. The Morgan fingerprint density at radius 1 is 1.00 bits per heavy atom. The number of para-hydroxylation sites is 1. The second-order valence-electron chi connectivity index (χ2n) is 6.99. The topological polar surface area (TPSA) is 70.7 Å². The summed E-state index contributed by atoms with van der Waals surface area (Å²) in [5.74, 6) is 0.0599. The molecule has 0 saturated carbocycles. The van der Waals surface area contributed by atoms with E-state index in [1.165, 1.54) is 28.9 Å². The first-order valence-corrected chi connectivity index (χ1v) is 11.7. The molecule has 0 aromatic heterocycles. The normalized spacial score (nSPS) is 17.2. The highest BCUT2D eigenvalue weighted by Crippen LogP contribution is 2.40. The molecule has 3 aromatic rings. The maximum atomic E-state index is 13.5. The Hall–Kier alpha value is -2.09. The molecule has 1 aliphatic rings. The Morgan fingerprint density at radius 3 is 2.38 bits per heavy atom. The van der Waals surface area contributed by atoms with Crippen LogP contribution in [0.1, 0.15) is 5.56 Å². The van der Waals surface area contributed by atoms with Crippen molar-refractivity contribution in [3.63, 3.8) is 0 Å². The van der Waals surface area contributed by atoms with Crippen molar-refractivity contribution in [1.82, 2.24) is 5.43 Å². The number of rotatable bonds is 4. The van der Waals surface area contributed by atoms with E-state index >= 15 is 0 Å². The molecule has 1 fully saturated rings. The lowest BCUT2D eigenvalue weighted by Gasteiger charge is -2.19. The van der Waals surface area contributed by atoms with Crippen LogP contribution < -0.4 is 16.2 Å². The van der Waals surface area contributed by atoms with Gasteiger partial charge in [0, 0.05) is 15.6 Å². The minimum Gasteiger partial charge on any atom is -0.398 e. The van der Waals surface area contributed by atoms with Gasteiger partial charge in [0.25, 0.3) is 5.91 Å². The Kier molecular flexibility index (Phi) is 6.79. The summed E-state index contributed by atoms with van der Waals surface area (Å²) in [4.78, 5) is 18.9. The number of nitrogens with two attached hydrogens (primary N) is 1. The fraction of sp³-hybridized carbons (Fsp3) is 0.0909. The number of hydrogen-bond acceptors (Lipinski definition) is 4. The number of nitrogens with one attached hydrogen (secondary N) is 1. The molecule has 164 valence electrons. The van der Waals surface area contributed by atoms with Crippen LogP contribution in [-0.2, 0) is 4.79 Å². The number of hydrazine groups is 1. The summed E-state index contributed by atoms with van der Waals surface area (Å²) >= 11 is 26.4. The van der Waals surface area contributed by atoms with Gasteiger partial charge in [0.1, 0.15) is 16.8 Å². The first kappa shape index (κ1) is 23.1. The van der Waals surface area contributed by atoms with Crippen molar-refractivity contribution >= 4 is 87.0 Å². The molecular formula is C22H16Cl4N4OS. The molecule has 1 unspecified atom stereocenters. The Balaban J connectivity index is 1.81. The SMILES string of the molecule is Cc1ccc(Cl)c(N=C2NN(c3c(Cl)cc(Cl)cc3Cl)C(=O)C2Sc2ccccc2N)c1. The van der Waals surface area contributed by atoms with Gasteiger partial charge in [-0.05, 0) is 48.9 Å². The van der Waals surface area contributed by atoms with Crippen molar-refractivity contribution in [3.8, 4) is 0 Å². The zero-order valence-corrected chi connectivity index (χ0v) is 20.4. The molecule has 5 nitrogen and oxygen atoms in total. The van der Waals surface area contributed by atoms with Crippen molar-refractivity contribution in [2.75, 3.05) is 10.7 Å². The Labute approximate surface area is 209 Å². The summed E-state index contributed by atoms with van der Waals surface area (Å²) in [6.45, 7) is 1.93. The van der Waals surface area contributed by atoms with Crippen LogP contribution in [0.5, 0.6) is 0 Å². The van der Waals surface area contributed by atoms with E-state index in [2.05, 4.69) is 10.4 Å². The number of amides is 1. The molecular weight excluding hydrogens is 510 g/mol. The third-order valence-electron chi connectivity index (χ3n) is 4.63. The molecule has 1 atom stereocenters. The number of amidine groups is 1. The molecule has 0 spiro atoms. The van der Waals surface area contributed by atoms with Crippen molar-refractivity contribution in [1.29, 1.82) is 0 Å². The third kappa shape index (κ3) is 4.65. The summed E-state index contributed by atoms with van der Waals surface area (Å²) in [6, 6.07) is 15.8. The fourth-order valence-corrected chi connectivity index (χ4v) is 5.30. The standard InChI is InChI=1S/C22H16Cl4N4OS/c1-11-6-7-13(24)17(8-11)28-21-20(32-18-5-3-2-4-16(18)27)22(31)30(29-21)19-14(25)9-12(23)10-15(19)26/h2-10,20H,27H2,1H3,(H,28,29). The van der Waals surface area contributed by atoms with Crippen LogP contribution in [0.2, 0.25) is 20.1 Å². The number of carbonyl (C=O) groups excluding carboxylic acids is 1. The number of aryl methyl sites for hydroxylation is 1. The molecule has 0 radical (unpaired) electrons. The molecule has 1 heterocycles. The molecule has 1 aliphatic heterocycles. The number of nitrogens with zero attached hydrogens (tertiary/aromatic N) is 2. The number of halogens is 4. The monoisotopic (exact) mass is 524 g/mol. The molecule has 0 bridgehead atoms. The van der Waals surface area contributed by atoms with Crippen LogP contribution in [0.3, 0.4) is 0 Å². The largest absolute Gasteiger partial charge is 0.398 e.